The van der Waals surface area contributed by atoms with Crippen LogP contribution >= 0.6 is 0 Å². The van der Waals surface area contributed by atoms with Gasteiger partial charge in [0, 0.05) is 37.6 Å². The summed E-state index contributed by atoms with van der Waals surface area (Å²) >= 11 is 0. The minimum absolute atomic E-state index is 0.0411. The standard InChI is InChI=1S/C14H25N3O3/c1-9-6-12(4-5-16(9)3)15-14(20)17-7-11(8-17)10(2)13(18)19/h9-12H,4-8H2,1-3H3,(H,15,20)(H,18,19). The van der Waals surface area contributed by atoms with E-state index >= 15 is 0 Å². The number of carboxylic acids is 1. The number of carbonyl (C=O) groups is 2. The van der Waals surface area contributed by atoms with Crippen molar-refractivity contribution in [2.45, 2.75) is 38.8 Å². The van der Waals surface area contributed by atoms with E-state index in [9.17, 15) is 9.59 Å². The average Bonchev–Trinajstić information content (AvgIpc) is 2.31. The maximum absolute atomic E-state index is 12.1. The zero-order chi connectivity index (χ0) is 14.9. The molecule has 2 fully saturated rings. The normalized spacial score (nSPS) is 29.6. The summed E-state index contributed by atoms with van der Waals surface area (Å²) in [5, 5.41) is 12.0. The third kappa shape index (κ3) is 3.23. The van der Waals surface area contributed by atoms with Gasteiger partial charge in [0.1, 0.15) is 0 Å². The van der Waals surface area contributed by atoms with E-state index in [4.69, 9.17) is 5.11 Å². The number of hydrogen-bond donors (Lipinski definition) is 2. The van der Waals surface area contributed by atoms with Crippen LogP contribution in [0.2, 0.25) is 0 Å². The first-order valence-electron chi connectivity index (χ1n) is 7.37. The fourth-order valence-corrected chi connectivity index (χ4v) is 2.88. The van der Waals surface area contributed by atoms with Gasteiger partial charge in [-0.2, -0.15) is 0 Å². The molecule has 0 aromatic rings. The van der Waals surface area contributed by atoms with Crippen molar-refractivity contribution in [3.8, 4) is 0 Å². The number of likely N-dealkylation sites (tertiary alicyclic amines) is 2. The topological polar surface area (TPSA) is 72.9 Å². The highest BCUT2D eigenvalue weighted by Crippen LogP contribution is 2.24. The Morgan fingerprint density at radius 3 is 2.55 bits per heavy atom. The van der Waals surface area contributed by atoms with E-state index in [0.717, 1.165) is 19.4 Å². The number of carbonyl (C=O) groups excluding carboxylic acids is 1. The van der Waals surface area contributed by atoms with E-state index in [-0.39, 0.29) is 23.9 Å². The summed E-state index contributed by atoms with van der Waals surface area (Å²) in [5.74, 6) is -1.06. The highest BCUT2D eigenvalue weighted by molar-refractivity contribution is 5.76. The Bertz CT molecular complexity index is 382. The number of urea groups is 1. The Hall–Kier alpha value is -1.30. The van der Waals surface area contributed by atoms with Crippen LogP contribution in [0.5, 0.6) is 0 Å². The van der Waals surface area contributed by atoms with Gasteiger partial charge >= 0.3 is 12.0 Å². The number of rotatable bonds is 3. The fourth-order valence-electron chi connectivity index (χ4n) is 2.88. The molecule has 2 aliphatic rings. The Morgan fingerprint density at radius 2 is 2.00 bits per heavy atom. The second-order valence-corrected chi connectivity index (χ2v) is 6.29. The predicted molar refractivity (Wildman–Crippen MR) is 75.5 cm³/mol. The van der Waals surface area contributed by atoms with E-state index < -0.39 is 5.97 Å². The number of aliphatic carboxylic acids is 1. The smallest absolute Gasteiger partial charge is 0.317 e. The van der Waals surface area contributed by atoms with Gasteiger partial charge in [-0.1, -0.05) is 6.92 Å². The molecular formula is C14H25N3O3. The molecule has 2 aliphatic heterocycles. The molecule has 2 saturated heterocycles. The lowest BCUT2D eigenvalue weighted by Crippen LogP contribution is -2.59. The molecule has 0 aliphatic carbocycles. The maximum Gasteiger partial charge on any atom is 0.317 e. The molecule has 0 aromatic heterocycles. The lowest BCUT2D eigenvalue weighted by atomic mass is 9.87. The number of amides is 2. The highest BCUT2D eigenvalue weighted by Gasteiger charge is 2.38. The maximum atomic E-state index is 12.1. The highest BCUT2D eigenvalue weighted by atomic mass is 16.4. The van der Waals surface area contributed by atoms with Gasteiger partial charge in [-0.3, -0.25) is 4.79 Å². The third-order valence-electron chi connectivity index (χ3n) is 4.83. The molecule has 114 valence electrons. The number of carboxylic acid groups (broad SMARTS) is 1. The zero-order valence-electron chi connectivity index (χ0n) is 12.5. The first kappa shape index (κ1) is 15.1. The van der Waals surface area contributed by atoms with Gasteiger partial charge in [-0.05, 0) is 26.8 Å². The predicted octanol–water partition coefficient (Wildman–Crippen LogP) is 0.831. The van der Waals surface area contributed by atoms with Crippen LogP contribution in [0.25, 0.3) is 0 Å². The first-order chi connectivity index (χ1) is 9.38. The van der Waals surface area contributed by atoms with Gasteiger partial charge in [0.2, 0.25) is 0 Å². The van der Waals surface area contributed by atoms with Crippen LogP contribution in [0.4, 0.5) is 4.79 Å². The van der Waals surface area contributed by atoms with Gasteiger partial charge in [0.05, 0.1) is 5.92 Å². The van der Waals surface area contributed by atoms with Crippen LogP contribution in [0.15, 0.2) is 0 Å². The van der Waals surface area contributed by atoms with E-state index in [2.05, 4.69) is 24.2 Å². The van der Waals surface area contributed by atoms with Crippen molar-refractivity contribution >= 4 is 12.0 Å². The molecule has 0 radical (unpaired) electrons. The molecule has 0 spiro atoms. The summed E-state index contributed by atoms with van der Waals surface area (Å²) in [7, 11) is 2.11. The summed E-state index contributed by atoms with van der Waals surface area (Å²) in [4.78, 5) is 27.0. The molecule has 3 unspecified atom stereocenters. The van der Waals surface area contributed by atoms with Gasteiger partial charge in [-0.15, -0.1) is 0 Å². The Kier molecular flexibility index (Phi) is 4.52. The van der Waals surface area contributed by atoms with Gasteiger partial charge in [0.25, 0.3) is 0 Å². The molecular weight excluding hydrogens is 258 g/mol. The second kappa shape index (κ2) is 5.99. The van der Waals surface area contributed by atoms with E-state index in [1.54, 1.807) is 11.8 Å². The molecule has 0 bridgehead atoms. The molecule has 6 nitrogen and oxygen atoms in total. The Labute approximate surface area is 120 Å². The van der Waals surface area contributed by atoms with Crippen LogP contribution in [-0.4, -0.2) is 65.7 Å². The van der Waals surface area contributed by atoms with Gasteiger partial charge < -0.3 is 20.2 Å². The van der Waals surface area contributed by atoms with Crippen LogP contribution in [0.3, 0.4) is 0 Å². The van der Waals surface area contributed by atoms with Gasteiger partial charge in [0.15, 0.2) is 0 Å². The molecule has 2 N–H and O–H groups in total. The van der Waals surface area contributed by atoms with E-state index in [0.29, 0.717) is 19.1 Å². The fraction of sp³-hybridized carbons (Fsp3) is 0.857. The number of nitrogens with one attached hydrogen (secondary N) is 1. The SMILES string of the molecule is CC(C(=O)O)C1CN(C(=O)NC2CCN(C)C(C)C2)C1. The van der Waals surface area contributed by atoms with Crippen molar-refractivity contribution in [3.05, 3.63) is 0 Å². The van der Waals surface area contributed by atoms with Crippen molar-refractivity contribution in [2.24, 2.45) is 11.8 Å². The molecule has 2 heterocycles. The molecule has 6 heteroatoms. The zero-order valence-corrected chi connectivity index (χ0v) is 12.5. The Morgan fingerprint density at radius 1 is 1.35 bits per heavy atom. The minimum atomic E-state index is -0.779. The van der Waals surface area contributed by atoms with Crippen LogP contribution in [0.1, 0.15) is 26.7 Å². The molecule has 2 amide bonds. The monoisotopic (exact) mass is 283 g/mol. The number of nitrogens with zero attached hydrogens (tertiary/aromatic N) is 2. The van der Waals surface area contributed by atoms with Crippen molar-refractivity contribution in [1.29, 1.82) is 0 Å². The van der Waals surface area contributed by atoms with E-state index in [1.807, 2.05) is 0 Å². The van der Waals surface area contributed by atoms with Gasteiger partial charge in [-0.25, -0.2) is 4.79 Å². The van der Waals surface area contributed by atoms with Crippen LogP contribution < -0.4 is 5.32 Å². The number of piperidine rings is 1. The average molecular weight is 283 g/mol. The lowest BCUT2D eigenvalue weighted by Gasteiger charge is -2.42. The molecule has 3 atom stereocenters. The summed E-state index contributed by atoms with van der Waals surface area (Å²) < 4.78 is 0. The summed E-state index contributed by atoms with van der Waals surface area (Å²) in [5.41, 5.74) is 0. The summed E-state index contributed by atoms with van der Waals surface area (Å²) in [6.45, 7) is 6.00. The third-order valence-corrected chi connectivity index (χ3v) is 4.83. The Balaban J connectivity index is 1.73. The van der Waals surface area contributed by atoms with E-state index in [1.165, 1.54) is 0 Å². The number of hydrogen-bond acceptors (Lipinski definition) is 3. The molecule has 20 heavy (non-hydrogen) atoms. The summed E-state index contributed by atoms with van der Waals surface area (Å²) in [6.07, 6.45) is 1.96. The quantitative estimate of drug-likeness (QED) is 0.805. The lowest BCUT2D eigenvalue weighted by molar-refractivity contribution is -0.144. The van der Waals surface area contributed by atoms with Crippen molar-refractivity contribution < 1.29 is 14.7 Å². The minimum Gasteiger partial charge on any atom is -0.481 e. The first-order valence-corrected chi connectivity index (χ1v) is 7.37. The molecule has 0 aromatic carbocycles. The molecule has 2 rings (SSSR count). The van der Waals surface area contributed by atoms with Crippen molar-refractivity contribution in [1.82, 2.24) is 15.1 Å². The van der Waals surface area contributed by atoms with Crippen molar-refractivity contribution in [3.63, 3.8) is 0 Å². The summed E-state index contributed by atoms with van der Waals surface area (Å²) in [6, 6.07) is 0.690. The van der Waals surface area contributed by atoms with Crippen LogP contribution in [0, 0.1) is 11.8 Å². The largest absolute Gasteiger partial charge is 0.481 e. The molecule has 0 saturated carbocycles. The van der Waals surface area contributed by atoms with Crippen molar-refractivity contribution in [2.75, 3.05) is 26.7 Å². The van der Waals surface area contributed by atoms with Crippen LogP contribution in [-0.2, 0) is 4.79 Å². The second-order valence-electron chi connectivity index (χ2n) is 6.29.